The first-order valence-electron chi connectivity index (χ1n) is 29.8. The highest BCUT2D eigenvalue weighted by atomic mass is 16.6. The highest BCUT2D eigenvalue weighted by Gasteiger charge is 2.19. The molecule has 0 N–H and O–H groups in total. The number of rotatable bonds is 53. The summed E-state index contributed by atoms with van der Waals surface area (Å²) in [6.45, 7) is 6.46. The maximum absolute atomic E-state index is 12.9. The standard InChI is InChI=1S/C65H110O6/c1-4-7-10-13-16-19-22-25-28-31-33-35-37-40-43-46-49-52-55-58-64(67)70-61-62(60-69-63(66)57-54-51-48-45-42-39-36-30-27-24-21-18-15-12-9-6-3)71-65(68)59-56-53-50-47-44-41-38-34-32-29-26-23-20-17-14-11-8-5-2/h7,10,16,19,25,28-29,32-35,38,40,43,49,52,62H,4-6,8-9,11-15,17-18,20-24,26-27,30-31,36-37,39,41-42,44-48,50-51,53-61H2,1-3H3/b10-7-,19-16-,28-25-,32-29-,35-33-,38-34-,43-40-,52-49-. The minimum atomic E-state index is -0.816. The van der Waals surface area contributed by atoms with Gasteiger partial charge in [-0.05, 0) is 83.5 Å². The Morgan fingerprint density at radius 3 is 1.00 bits per heavy atom. The van der Waals surface area contributed by atoms with E-state index < -0.39 is 6.10 Å². The Labute approximate surface area is 438 Å². The van der Waals surface area contributed by atoms with Crippen LogP contribution in [-0.4, -0.2) is 37.2 Å². The molecule has 0 fully saturated rings. The molecule has 0 aliphatic heterocycles. The molecule has 71 heavy (non-hydrogen) atoms. The highest BCUT2D eigenvalue weighted by molar-refractivity contribution is 5.71. The third-order valence-electron chi connectivity index (χ3n) is 12.6. The van der Waals surface area contributed by atoms with Gasteiger partial charge in [0.1, 0.15) is 13.2 Å². The van der Waals surface area contributed by atoms with Crippen molar-refractivity contribution in [3.63, 3.8) is 0 Å². The van der Waals surface area contributed by atoms with Crippen LogP contribution in [0.5, 0.6) is 0 Å². The van der Waals surface area contributed by atoms with E-state index in [1.807, 2.05) is 6.08 Å². The molecule has 0 saturated carbocycles. The number of unbranched alkanes of at least 4 members (excludes halogenated alkanes) is 27. The number of carbonyl (C=O) groups excluding carboxylic acids is 3. The van der Waals surface area contributed by atoms with Crippen molar-refractivity contribution in [3.8, 4) is 0 Å². The molecule has 1 atom stereocenters. The van der Waals surface area contributed by atoms with Crippen LogP contribution in [0, 0.1) is 0 Å². The van der Waals surface area contributed by atoms with E-state index in [9.17, 15) is 14.4 Å². The van der Waals surface area contributed by atoms with Crippen molar-refractivity contribution in [1.82, 2.24) is 0 Å². The molecule has 0 bridgehead atoms. The third-order valence-corrected chi connectivity index (χ3v) is 12.6. The first kappa shape index (κ1) is 67.3. The fourth-order valence-corrected chi connectivity index (χ4v) is 8.17. The number of carbonyl (C=O) groups is 3. The van der Waals surface area contributed by atoms with Gasteiger partial charge in [-0.15, -0.1) is 0 Å². The summed E-state index contributed by atoms with van der Waals surface area (Å²) in [5.74, 6) is -1.00. The molecule has 0 saturated heterocycles. The molecule has 6 heteroatoms. The number of ether oxygens (including phenoxy) is 3. The zero-order valence-corrected chi connectivity index (χ0v) is 46.5. The van der Waals surface area contributed by atoms with Crippen molar-refractivity contribution in [2.75, 3.05) is 13.2 Å². The molecule has 0 amide bonds. The van der Waals surface area contributed by atoms with Gasteiger partial charge >= 0.3 is 17.9 Å². The highest BCUT2D eigenvalue weighted by Crippen LogP contribution is 2.16. The number of esters is 3. The van der Waals surface area contributed by atoms with Crippen molar-refractivity contribution < 1.29 is 28.6 Å². The second-order valence-corrected chi connectivity index (χ2v) is 19.6. The van der Waals surface area contributed by atoms with Crippen LogP contribution in [0.4, 0.5) is 0 Å². The second kappa shape index (κ2) is 58.9. The summed E-state index contributed by atoms with van der Waals surface area (Å²) in [6.07, 6.45) is 78.4. The van der Waals surface area contributed by atoms with Gasteiger partial charge in [-0.3, -0.25) is 14.4 Å². The lowest BCUT2D eigenvalue weighted by atomic mass is 10.0. The fourth-order valence-electron chi connectivity index (χ4n) is 8.17. The van der Waals surface area contributed by atoms with E-state index in [0.717, 1.165) is 96.3 Å². The van der Waals surface area contributed by atoms with E-state index in [2.05, 4.69) is 112 Å². The molecule has 406 valence electrons. The SMILES string of the molecule is CC/C=C\C/C=C\C/C=C\C/C=C\C/C=C\C/C=C\CCC(=O)OCC(COC(=O)CCCCCCCCCCCCCCCCCC)OC(=O)CCCCCCC/C=C\C=C/CCCCCCCCC. The van der Waals surface area contributed by atoms with E-state index in [4.69, 9.17) is 14.2 Å². The molecule has 0 aromatic heterocycles. The summed E-state index contributed by atoms with van der Waals surface area (Å²) >= 11 is 0. The molecule has 0 heterocycles. The zero-order valence-electron chi connectivity index (χ0n) is 46.5. The Balaban J connectivity index is 4.52. The predicted molar refractivity (Wildman–Crippen MR) is 307 cm³/mol. The molecule has 0 aromatic rings. The van der Waals surface area contributed by atoms with Crippen LogP contribution >= 0.6 is 0 Å². The Hall–Kier alpha value is -3.67. The quantitative estimate of drug-likeness (QED) is 0.0199. The average Bonchev–Trinajstić information content (AvgIpc) is 3.37. The normalized spacial score (nSPS) is 12.8. The van der Waals surface area contributed by atoms with E-state index >= 15 is 0 Å². The van der Waals surface area contributed by atoms with Crippen molar-refractivity contribution in [2.24, 2.45) is 0 Å². The minimum absolute atomic E-state index is 0.105. The lowest BCUT2D eigenvalue weighted by Gasteiger charge is -2.18. The maximum Gasteiger partial charge on any atom is 0.306 e. The van der Waals surface area contributed by atoms with Gasteiger partial charge < -0.3 is 14.2 Å². The average molecular weight is 988 g/mol. The summed E-state index contributed by atoms with van der Waals surface area (Å²) in [5.41, 5.74) is 0. The molecule has 0 rings (SSSR count). The third kappa shape index (κ3) is 57.1. The number of allylic oxidation sites excluding steroid dienone is 16. The Morgan fingerprint density at radius 1 is 0.310 bits per heavy atom. The van der Waals surface area contributed by atoms with Gasteiger partial charge in [0.05, 0.1) is 0 Å². The lowest BCUT2D eigenvalue weighted by Crippen LogP contribution is -2.30. The van der Waals surface area contributed by atoms with E-state index in [-0.39, 0.29) is 37.5 Å². The van der Waals surface area contributed by atoms with Crippen LogP contribution in [0.1, 0.15) is 278 Å². The van der Waals surface area contributed by atoms with Crippen LogP contribution in [0.2, 0.25) is 0 Å². The molecular weight excluding hydrogens is 877 g/mol. The Bertz CT molecular complexity index is 1410. The van der Waals surface area contributed by atoms with E-state index in [1.165, 1.54) is 135 Å². The van der Waals surface area contributed by atoms with Crippen molar-refractivity contribution in [2.45, 2.75) is 284 Å². The smallest absolute Gasteiger partial charge is 0.306 e. The fraction of sp³-hybridized carbons (Fsp3) is 0.708. The van der Waals surface area contributed by atoms with Crippen LogP contribution < -0.4 is 0 Å². The van der Waals surface area contributed by atoms with Crippen LogP contribution in [0.3, 0.4) is 0 Å². The number of hydrogen-bond donors (Lipinski definition) is 0. The van der Waals surface area contributed by atoms with E-state index in [1.54, 1.807) is 0 Å². The van der Waals surface area contributed by atoms with Gasteiger partial charge in [0, 0.05) is 19.3 Å². The molecule has 0 aliphatic rings. The van der Waals surface area contributed by atoms with Gasteiger partial charge in [0.25, 0.3) is 0 Å². The Morgan fingerprint density at radius 2 is 0.620 bits per heavy atom. The molecule has 6 nitrogen and oxygen atoms in total. The molecular formula is C65H110O6. The maximum atomic E-state index is 12.9. The zero-order chi connectivity index (χ0) is 51.4. The van der Waals surface area contributed by atoms with Crippen LogP contribution in [-0.2, 0) is 28.6 Å². The van der Waals surface area contributed by atoms with Gasteiger partial charge in [0.2, 0.25) is 0 Å². The molecule has 0 aliphatic carbocycles. The summed E-state index contributed by atoms with van der Waals surface area (Å²) < 4.78 is 16.8. The van der Waals surface area contributed by atoms with Crippen LogP contribution in [0.15, 0.2) is 97.2 Å². The van der Waals surface area contributed by atoms with Gasteiger partial charge in [-0.1, -0.05) is 272 Å². The first-order valence-corrected chi connectivity index (χ1v) is 29.8. The second-order valence-electron chi connectivity index (χ2n) is 19.6. The topological polar surface area (TPSA) is 78.9 Å². The lowest BCUT2D eigenvalue weighted by molar-refractivity contribution is -0.166. The van der Waals surface area contributed by atoms with Crippen molar-refractivity contribution in [1.29, 1.82) is 0 Å². The summed E-state index contributed by atoms with van der Waals surface area (Å²) in [4.78, 5) is 38.2. The number of hydrogen-bond acceptors (Lipinski definition) is 6. The van der Waals surface area contributed by atoms with E-state index in [0.29, 0.717) is 19.3 Å². The summed E-state index contributed by atoms with van der Waals surface area (Å²) in [7, 11) is 0. The molecule has 0 aromatic carbocycles. The van der Waals surface area contributed by atoms with Gasteiger partial charge in [0.15, 0.2) is 6.10 Å². The van der Waals surface area contributed by atoms with Gasteiger partial charge in [-0.2, -0.15) is 0 Å². The predicted octanol–water partition coefficient (Wildman–Crippen LogP) is 20.1. The van der Waals surface area contributed by atoms with Crippen LogP contribution in [0.25, 0.3) is 0 Å². The molecule has 1 unspecified atom stereocenters. The Kier molecular flexibility index (Phi) is 55.9. The van der Waals surface area contributed by atoms with Gasteiger partial charge in [-0.25, -0.2) is 0 Å². The monoisotopic (exact) mass is 987 g/mol. The first-order chi connectivity index (χ1) is 35.0. The minimum Gasteiger partial charge on any atom is -0.462 e. The van der Waals surface area contributed by atoms with Crippen molar-refractivity contribution >= 4 is 17.9 Å². The molecule has 0 radical (unpaired) electrons. The van der Waals surface area contributed by atoms with Crippen molar-refractivity contribution in [3.05, 3.63) is 97.2 Å². The largest absolute Gasteiger partial charge is 0.462 e. The summed E-state index contributed by atoms with van der Waals surface area (Å²) in [5, 5.41) is 0. The summed E-state index contributed by atoms with van der Waals surface area (Å²) in [6, 6.07) is 0. The molecule has 0 spiro atoms.